The number of nitrogens with zero attached hydrogens (tertiary/aromatic N) is 2. The van der Waals surface area contributed by atoms with Gasteiger partial charge in [-0.2, -0.15) is 0 Å². The Kier molecular flexibility index (Phi) is 4.11. The van der Waals surface area contributed by atoms with Gasteiger partial charge >= 0.3 is 0 Å². The van der Waals surface area contributed by atoms with E-state index in [-0.39, 0.29) is 11.9 Å². The van der Waals surface area contributed by atoms with Gasteiger partial charge in [-0.25, -0.2) is 10.8 Å². The van der Waals surface area contributed by atoms with E-state index in [1.54, 1.807) is 18.3 Å². The topological polar surface area (TPSA) is 83.3 Å². The quantitative estimate of drug-likeness (QED) is 0.526. The first-order valence-corrected chi connectivity index (χ1v) is 6.11. The summed E-state index contributed by atoms with van der Waals surface area (Å²) in [6.07, 6.45) is 3.72. The molecule has 0 saturated carbocycles. The van der Waals surface area contributed by atoms with Crippen LogP contribution in [0.4, 0.5) is 5.82 Å². The minimum atomic E-state index is -0.128. The van der Waals surface area contributed by atoms with E-state index in [4.69, 9.17) is 5.84 Å². The van der Waals surface area contributed by atoms with Gasteiger partial charge in [0, 0.05) is 18.8 Å². The SMILES string of the molecule is CN1CCCC(NC(=O)c2cccnc2NN)C1. The number of aromatic nitrogens is 1. The van der Waals surface area contributed by atoms with Crippen molar-refractivity contribution in [2.75, 3.05) is 25.6 Å². The molecular formula is C12H19N5O. The second-order valence-corrected chi connectivity index (χ2v) is 4.62. The Labute approximate surface area is 107 Å². The van der Waals surface area contributed by atoms with Crippen LogP contribution in [-0.4, -0.2) is 42.0 Å². The number of hydrazine groups is 1. The van der Waals surface area contributed by atoms with Crippen molar-refractivity contribution in [3.05, 3.63) is 23.9 Å². The zero-order valence-electron chi connectivity index (χ0n) is 10.5. The van der Waals surface area contributed by atoms with Crippen LogP contribution in [0.3, 0.4) is 0 Å². The minimum Gasteiger partial charge on any atom is -0.348 e. The molecule has 0 bridgehead atoms. The van der Waals surface area contributed by atoms with Gasteiger partial charge in [0.1, 0.15) is 0 Å². The first kappa shape index (κ1) is 12.8. The number of carbonyl (C=O) groups excluding carboxylic acids is 1. The van der Waals surface area contributed by atoms with Crippen LogP contribution >= 0.6 is 0 Å². The van der Waals surface area contributed by atoms with Crippen LogP contribution in [0.15, 0.2) is 18.3 Å². The van der Waals surface area contributed by atoms with Crippen LogP contribution in [0.5, 0.6) is 0 Å². The summed E-state index contributed by atoms with van der Waals surface area (Å²) in [5.74, 6) is 5.62. The summed E-state index contributed by atoms with van der Waals surface area (Å²) in [4.78, 5) is 18.4. The van der Waals surface area contributed by atoms with Gasteiger partial charge in [0.2, 0.25) is 0 Å². The molecular weight excluding hydrogens is 230 g/mol. The van der Waals surface area contributed by atoms with E-state index in [1.807, 2.05) is 0 Å². The van der Waals surface area contributed by atoms with Crippen molar-refractivity contribution < 1.29 is 4.79 Å². The lowest BCUT2D eigenvalue weighted by Crippen LogP contribution is -2.46. The molecule has 18 heavy (non-hydrogen) atoms. The third kappa shape index (κ3) is 2.96. The summed E-state index contributed by atoms with van der Waals surface area (Å²) < 4.78 is 0. The largest absolute Gasteiger partial charge is 0.348 e. The molecule has 6 heteroatoms. The van der Waals surface area contributed by atoms with Crippen LogP contribution in [0.1, 0.15) is 23.2 Å². The number of nitrogens with one attached hydrogen (secondary N) is 2. The lowest BCUT2D eigenvalue weighted by molar-refractivity contribution is 0.0913. The van der Waals surface area contributed by atoms with Crippen molar-refractivity contribution >= 4 is 11.7 Å². The fraction of sp³-hybridized carbons (Fsp3) is 0.500. The zero-order valence-corrected chi connectivity index (χ0v) is 10.5. The summed E-state index contributed by atoms with van der Waals surface area (Å²) in [5, 5.41) is 3.02. The maximum Gasteiger partial charge on any atom is 0.255 e. The molecule has 2 rings (SSSR count). The molecule has 6 nitrogen and oxygen atoms in total. The van der Waals surface area contributed by atoms with E-state index in [0.29, 0.717) is 11.4 Å². The third-order valence-corrected chi connectivity index (χ3v) is 3.15. The molecule has 1 atom stereocenters. The van der Waals surface area contributed by atoms with E-state index in [0.717, 1.165) is 25.9 Å². The van der Waals surface area contributed by atoms with E-state index < -0.39 is 0 Å². The highest BCUT2D eigenvalue weighted by atomic mass is 16.1. The molecule has 1 unspecified atom stereocenters. The van der Waals surface area contributed by atoms with Crippen LogP contribution in [0.25, 0.3) is 0 Å². The Balaban J connectivity index is 2.03. The number of nitrogen functional groups attached to an aromatic ring is 1. The van der Waals surface area contributed by atoms with Gasteiger partial charge in [0.05, 0.1) is 5.56 Å². The van der Waals surface area contributed by atoms with Crippen molar-refractivity contribution in [1.29, 1.82) is 0 Å². The second-order valence-electron chi connectivity index (χ2n) is 4.62. The molecule has 1 aliphatic rings. The van der Waals surface area contributed by atoms with Crippen molar-refractivity contribution in [1.82, 2.24) is 15.2 Å². The van der Waals surface area contributed by atoms with Gasteiger partial charge in [-0.1, -0.05) is 0 Å². The first-order chi connectivity index (χ1) is 8.70. The van der Waals surface area contributed by atoms with Gasteiger partial charge in [0.25, 0.3) is 5.91 Å². The maximum absolute atomic E-state index is 12.1. The fourth-order valence-corrected chi connectivity index (χ4v) is 2.25. The molecule has 1 aliphatic heterocycles. The number of hydrogen-bond acceptors (Lipinski definition) is 5. The third-order valence-electron chi connectivity index (χ3n) is 3.15. The number of amides is 1. The molecule has 0 spiro atoms. The summed E-state index contributed by atoms with van der Waals surface area (Å²) in [6, 6.07) is 3.63. The van der Waals surface area contributed by atoms with Crippen molar-refractivity contribution in [3.63, 3.8) is 0 Å². The highest BCUT2D eigenvalue weighted by Gasteiger charge is 2.20. The summed E-state index contributed by atoms with van der Waals surface area (Å²) in [6.45, 7) is 1.98. The number of hydrogen-bond donors (Lipinski definition) is 3. The van der Waals surface area contributed by atoms with E-state index in [9.17, 15) is 4.79 Å². The van der Waals surface area contributed by atoms with Gasteiger partial charge in [-0.15, -0.1) is 0 Å². The van der Waals surface area contributed by atoms with Crippen LogP contribution < -0.4 is 16.6 Å². The zero-order chi connectivity index (χ0) is 13.0. The van der Waals surface area contributed by atoms with E-state index in [2.05, 4.69) is 27.7 Å². The molecule has 2 heterocycles. The van der Waals surface area contributed by atoms with Crippen molar-refractivity contribution in [2.45, 2.75) is 18.9 Å². The lowest BCUT2D eigenvalue weighted by atomic mass is 10.1. The summed E-state index contributed by atoms with van der Waals surface area (Å²) >= 11 is 0. The predicted molar refractivity (Wildman–Crippen MR) is 70.0 cm³/mol. The van der Waals surface area contributed by atoms with E-state index in [1.165, 1.54) is 0 Å². The number of rotatable bonds is 3. The second kappa shape index (κ2) is 5.79. The molecule has 1 aromatic heterocycles. The normalized spacial score (nSPS) is 20.4. The Morgan fingerprint density at radius 1 is 1.61 bits per heavy atom. The number of carbonyl (C=O) groups is 1. The Bertz CT molecular complexity index is 423. The molecule has 1 aromatic rings. The average molecular weight is 249 g/mol. The Morgan fingerprint density at radius 2 is 2.44 bits per heavy atom. The van der Waals surface area contributed by atoms with Crippen LogP contribution in [0, 0.1) is 0 Å². The van der Waals surface area contributed by atoms with Crippen LogP contribution in [0.2, 0.25) is 0 Å². The molecule has 98 valence electrons. The molecule has 0 aromatic carbocycles. The van der Waals surface area contributed by atoms with E-state index >= 15 is 0 Å². The number of nitrogens with two attached hydrogens (primary N) is 1. The smallest absolute Gasteiger partial charge is 0.255 e. The highest BCUT2D eigenvalue weighted by molar-refractivity contribution is 5.98. The van der Waals surface area contributed by atoms with Gasteiger partial charge in [-0.3, -0.25) is 4.79 Å². The molecule has 1 saturated heterocycles. The molecule has 1 amide bonds. The Morgan fingerprint density at radius 3 is 3.17 bits per heavy atom. The first-order valence-electron chi connectivity index (χ1n) is 6.11. The number of pyridine rings is 1. The fourth-order valence-electron chi connectivity index (χ4n) is 2.25. The summed E-state index contributed by atoms with van der Waals surface area (Å²) in [5.41, 5.74) is 2.92. The van der Waals surface area contributed by atoms with Crippen LogP contribution in [-0.2, 0) is 0 Å². The molecule has 4 N–H and O–H groups in total. The van der Waals surface area contributed by atoms with Crippen molar-refractivity contribution in [3.8, 4) is 0 Å². The number of likely N-dealkylation sites (N-methyl/N-ethyl adjacent to an activating group) is 1. The highest BCUT2D eigenvalue weighted by Crippen LogP contribution is 2.12. The molecule has 1 fully saturated rings. The Hall–Kier alpha value is -1.66. The maximum atomic E-state index is 12.1. The van der Waals surface area contributed by atoms with Gasteiger partial charge < -0.3 is 15.6 Å². The molecule has 0 radical (unpaired) electrons. The lowest BCUT2D eigenvalue weighted by Gasteiger charge is -2.30. The summed E-state index contributed by atoms with van der Waals surface area (Å²) in [7, 11) is 2.06. The minimum absolute atomic E-state index is 0.128. The predicted octanol–water partition coefficient (Wildman–Crippen LogP) is 0.191. The standard InChI is InChI=1S/C12H19N5O/c1-17-7-3-4-9(8-17)15-12(18)10-5-2-6-14-11(10)16-13/h2,5-6,9H,3-4,7-8,13H2,1H3,(H,14,16)(H,15,18). The monoisotopic (exact) mass is 249 g/mol. The number of piperidine rings is 1. The average Bonchev–Trinajstić information content (AvgIpc) is 2.38. The number of likely N-dealkylation sites (tertiary alicyclic amines) is 1. The van der Waals surface area contributed by atoms with Gasteiger partial charge in [0.15, 0.2) is 5.82 Å². The van der Waals surface area contributed by atoms with Crippen molar-refractivity contribution in [2.24, 2.45) is 5.84 Å². The van der Waals surface area contributed by atoms with Gasteiger partial charge in [-0.05, 0) is 38.6 Å². The molecule has 0 aliphatic carbocycles. The number of anilines is 1.